The summed E-state index contributed by atoms with van der Waals surface area (Å²) in [7, 11) is -4.01. The number of hydrogen-bond donors (Lipinski definition) is 4. The molecule has 0 saturated carbocycles. The predicted molar refractivity (Wildman–Crippen MR) is 174 cm³/mol. The number of nitrogens with zero attached hydrogens (tertiary/aromatic N) is 1. The Hall–Kier alpha value is -4.23. The second-order valence-corrected chi connectivity index (χ2v) is 13.2. The first-order valence-electron chi connectivity index (χ1n) is 14.6. The van der Waals surface area contributed by atoms with Gasteiger partial charge in [-0.25, -0.2) is 9.03 Å². The number of benzene rings is 3. The van der Waals surface area contributed by atoms with Crippen molar-refractivity contribution in [2.24, 2.45) is 0 Å². The summed E-state index contributed by atoms with van der Waals surface area (Å²) in [6.07, 6.45) is 2.80. The molecule has 1 aliphatic rings. The fourth-order valence-corrected chi connectivity index (χ4v) is 6.92. The van der Waals surface area contributed by atoms with Crippen molar-refractivity contribution in [3.05, 3.63) is 100 Å². The number of unbranched alkanes of at least 4 members (excludes halogenated alkanes) is 1. The molecule has 45 heavy (non-hydrogen) atoms. The van der Waals surface area contributed by atoms with Gasteiger partial charge in [-0.2, -0.15) is 8.42 Å². The Morgan fingerprint density at radius 1 is 0.844 bits per heavy atom. The summed E-state index contributed by atoms with van der Waals surface area (Å²) < 4.78 is 28.0. The van der Waals surface area contributed by atoms with E-state index in [2.05, 4.69) is 44.0 Å². The molecule has 4 N–H and O–H groups in total. The fourth-order valence-electron chi connectivity index (χ4n) is 5.00. The summed E-state index contributed by atoms with van der Waals surface area (Å²) in [4.78, 5) is 50.6. The van der Waals surface area contributed by atoms with Crippen molar-refractivity contribution in [1.29, 1.82) is 0 Å². The molecular formula is C32H36BrN5O6S. The van der Waals surface area contributed by atoms with Crippen LogP contribution in [0, 0.1) is 0 Å². The van der Waals surface area contributed by atoms with Crippen LogP contribution in [0.25, 0.3) is 0 Å². The predicted octanol–water partition coefficient (Wildman–Crippen LogP) is 2.54. The average molecular weight is 699 g/mol. The highest BCUT2D eigenvalue weighted by Crippen LogP contribution is 2.31. The molecule has 1 aliphatic heterocycles. The maximum absolute atomic E-state index is 13.5. The summed E-state index contributed by atoms with van der Waals surface area (Å²) in [5.41, 5.74) is 2.95. The normalized spacial score (nSPS) is 15.1. The highest BCUT2D eigenvalue weighted by atomic mass is 79.9. The van der Waals surface area contributed by atoms with Gasteiger partial charge in [0.05, 0.1) is 5.69 Å². The zero-order valence-corrected chi connectivity index (χ0v) is 27.2. The molecule has 1 saturated heterocycles. The highest BCUT2D eigenvalue weighted by molar-refractivity contribution is 9.10. The van der Waals surface area contributed by atoms with E-state index in [-0.39, 0.29) is 36.9 Å². The molecular weight excluding hydrogens is 662 g/mol. The van der Waals surface area contributed by atoms with Gasteiger partial charge in [0.15, 0.2) is 0 Å². The lowest BCUT2D eigenvalue weighted by Crippen LogP contribution is -2.55. The van der Waals surface area contributed by atoms with Crippen molar-refractivity contribution in [3.63, 3.8) is 0 Å². The molecule has 3 aromatic carbocycles. The summed E-state index contributed by atoms with van der Waals surface area (Å²) in [6.45, 7) is 1.39. The van der Waals surface area contributed by atoms with E-state index in [0.717, 1.165) is 29.1 Å². The third-order valence-corrected chi connectivity index (χ3v) is 9.21. The van der Waals surface area contributed by atoms with Gasteiger partial charge in [0, 0.05) is 30.8 Å². The van der Waals surface area contributed by atoms with Crippen LogP contribution in [0.15, 0.2) is 83.3 Å². The zero-order valence-electron chi connectivity index (χ0n) is 24.8. The maximum Gasteiger partial charge on any atom is 0.326 e. The maximum atomic E-state index is 13.5. The second-order valence-electron chi connectivity index (χ2n) is 10.8. The lowest BCUT2D eigenvalue weighted by Gasteiger charge is -2.24. The van der Waals surface area contributed by atoms with Gasteiger partial charge in [0.2, 0.25) is 17.7 Å². The van der Waals surface area contributed by atoms with Crippen LogP contribution in [0.3, 0.4) is 0 Å². The van der Waals surface area contributed by atoms with Crippen molar-refractivity contribution >= 4 is 55.5 Å². The first-order chi connectivity index (χ1) is 21.5. The monoisotopic (exact) mass is 697 g/mol. The SMILES string of the molecule is CC(=O)N[C@@H](Cc1ccccc1)C(=O)N[C@@H](Cc1ccc(N2CC(=O)NS2(=O)=O)c(Br)c1)C(=O)NCCCCc1ccccc1. The van der Waals surface area contributed by atoms with E-state index in [1.807, 2.05) is 53.3 Å². The molecule has 1 heterocycles. The van der Waals surface area contributed by atoms with E-state index in [4.69, 9.17) is 0 Å². The highest BCUT2D eigenvalue weighted by Gasteiger charge is 2.35. The second kappa shape index (κ2) is 15.7. The smallest absolute Gasteiger partial charge is 0.326 e. The van der Waals surface area contributed by atoms with Crippen molar-refractivity contribution in [2.45, 2.75) is 51.1 Å². The quantitative estimate of drug-likeness (QED) is 0.190. The van der Waals surface area contributed by atoms with E-state index >= 15 is 0 Å². The molecule has 0 aliphatic carbocycles. The third-order valence-electron chi connectivity index (χ3n) is 7.18. The zero-order chi connectivity index (χ0) is 32.4. The standard InChI is InChI=1S/C32H36BrN5O6S/c1-22(39)35-28(19-24-13-6-3-7-14-24)32(42)36-27(31(41)34-17-9-8-12-23-10-4-2-5-11-23)20-25-15-16-29(26(33)18-25)38-21-30(40)37-45(38,43)44/h2-7,10-11,13-16,18,27-28H,8-9,12,17,19-21H2,1H3,(H,34,41)(H,35,39)(H,36,42)(H,37,40)/t27-,28-/m0/s1. The van der Waals surface area contributed by atoms with E-state index in [0.29, 0.717) is 16.6 Å². The van der Waals surface area contributed by atoms with Crippen LogP contribution in [0.2, 0.25) is 0 Å². The van der Waals surface area contributed by atoms with Crippen LogP contribution in [-0.4, -0.2) is 57.2 Å². The molecule has 4 rings (SSSR count). The minimum absolute atomic E-state index is 0.0858. The molecule has 11 nitrogen and oxygen atoms in total. The van der Waals surface area contributed by atoms with Gasteiger partial charge < -0.3 is 16.0 Å². The van der Waals surface area contributed by atoms with E-state index in [1.165, 1.54) is 18.6 Å². The van der Waals surface area contributed by atoms with Crippen molar-refractivity contribution in [2.75, 3.05) is 17.4 Å². The number of carbonyl (C=O) groups is 4. The Balaban J connectivity index is 1.48. The number of nitrogens with one attached hydrogen (secondary N) is 4. The van der Waals surface area contributed by atoms with Crippen LogP contribution < -0.4 is 25.0 Å². The first-order valence-corrected chi connectivity index (χ1v) is 16.8. The Morgan fingerprint density at radius 3 is 2.07 bits per heavy atom. The number of amides is 4. The number of anilines is 1. The molecule has 0 unspecified atom stereocenters. The molecule has 1 fully saturated rings. The number of hydrogen-bond acceptors (Lipinski definition) is 6. The molecule has 238 valence electrons. The fraction of sp³-hybridized carbons (Fsp3) is 0.312. The molecule has 0 spiro atoms. The largest absolute Gasteiger partial charge is 0.354 e. The average Bonchev–Trinajstić information content (AvgIpc) is 3.28. The minimum atomic E-state index is -4.01. The third kappa shape index (κ3) is 9.88. The molecule has 0 radical (unpaired) electrons. The topological polar surface area (TPSA) is 154 Å². The summed E-state index contributed by atoms with van der Waals surface area (Å²) in [5, 5.41) is 8.43. The Bertz CT molecular complexity index is 1620. The van der Waals surface area contributed by atoms with Crippen molar-refractivity contribution < 1.29 is 27.6 Å². The van der Waals surface area contributed by atoms with Gasteiger partial charge in [-0.3, -0.25) is 19.2 Å². The lowest BCUT2D eigenvalue weighted by molar-refractivity contribution is -0.131. The number of carbonyl (C=O) groups excluding carboxylic acids is 4. The lowest BCUT2D eigenvalue weighted by atomic mass is 10.0. The number of halogens is 1. The summed E-state index contributed by atoms with van der Waals surface area (Å²) >= 11 is 3.39. The molecule has 4 amide bonds. The van der Waals surface area contributed by atoms with Crippen molar-refractivity contribution in [3.8, 4) is 0 Å². The Labute approximate surface area is 271 Å². The van der Waals surface area contributed by atoms with E-state index in [9.17, 15) is 27.6 Å². The number of rotatable bonds is 14. The van der Waals surface area contributed by atoms with E-state index in [1.54, 1.807) is 12.1 Å². The molecule has 0 bridgehead atoms. The van der Waals surface area contributed by atoms with Crippen LogP contribution >= 0.6 is 15.9 Å². The van der Waals surface area contributed by atoms with Crippen LogP contribution in [0.4, 0.5) is 5.69 Å². The molecule has 0 aromatic heterocycles. The molecule has 13 heteroatoms. The van der Waals surface area contributed by atoms with Gasteiger partial charge in [0.1, 0.15) is 18.6 Å². The van der Waals surface area contributed by atoms with Gasteiger partial charge in [-0.1, -0.05) is 66.7 Å². The molecule has 3 aromatic rings. The van der Waals surface area contributed by atoms with Crippen LogP contribution in [-0.2, 0) is 48.6 Å². The Kier molecular flexibility index (Phi) is 11.7. The summed E-state index contributed by atoms with van der Waals surface area (Å²) in [5.74, 6) is -1.92. The minimum Gasteiger partial charge on any atom is -0.354 e. The van der Waals surface area contributed by atoms with Gasteiger partial charge >= 0.3 is 10.2 Å². The van der Waals surface area contributed by atoms with Gasteiger partial charge in [0.25, 0.3) is 5.91 Å². The van der Waals surface area contributed by atoms with Crippen LogP contribution in [0.1, 0.15) is 36.5 Å². The van der Waals surface area contributed by atoms with Crippen molar-refractivity contribution in [1.82, 2.24) is 20.7 Å². The van der Waals surface area contributed by atoms with Crippen LogP contribution in [0.5, 0.6) is 0 Å². The molecule has 2 atom stereocenters. The van der Waals surface area contributed by atoms with E-state index < -0.39 is 34.1 Å². The summed E-state index contributed by atoms with van der Waals surface area (Å²) in [6, 6.07) is 22.2. The number of aryl methyl sites for hydroxylation is 1. The van der Waals surface area contributed by atoms with Gasteiger partial charge in [-0.15, -0.1) is 0 Å². The van der Waals surface area contributed by atoms with Gasteiger partial charge in [-0.05, 0) is 64.0 Å². The first kappa shape index (κ1) is 33.7. The Morgan fingerprint density at radius 2 is 1.47 bits per heavy atom.